The first-order valence-corrected chi connectivity index (χ1v) is 8.35. The van der Waals surface area contributed by atoms with Crippen LogP contribution in [0, 0.1) is 5.82 Å². The molecule has 1 aliphatic carbocycles. The first kappa shape index (κ1) is 15.7. The fourth-order valence-corrected chi connectivity index (χ4v) is 3.30. The Morgan fingerprint density at radius 1 is 1.40 bits per heavy atom. The molecule has 4 rings (SSSR count). The molecule has 2 heterocycles. The molecule has 0 fully saturated rings. The quantitative estimate of drug-likeness (QED) is 0.741. The van der Waals surface area contributed by atoms with Crippen LogP contribution in [-0.2, 0) is 12.8 Å². The topological polar surface area (TPSA) is 72.3 Å². The van der Waals surface area contributed by atoms with Crippen LogP contribution in [0.15, 0.2) is 36.2 Å². The van der Waals surface area contributed by atoms with Crippen LogP contribution in [0.2, 0.25) is 0 Å². The van der Waals surface area contributed by atoms with Crippen molar-refractivity contribution in [1.82, 2.24) is 29.9 Å². The summed E-state index contributed by atoms with van der Waals surface area (Å²) < 4.78 is 16.0. The predicted molar refractivity (Wildman–Crippen MR) is 91.4 cm³/mol. The normalized spacial score (nSPS) is 16.0. The van der Waals surface area contributed by atoms with Crippen molar-refractivity contribution in [2.24, 2.45) is 0 Å². The van der Waals surface area contributed by atoms with E-state index in [4.69, 9.17) is 0 Å². The molecule has 0 saturated carbocycles. The van der Waals surface area contributed by atoms with E-state index in [-0.39, 0.29) is 11.9 Å². The lowest BCUT2D eigenvalue weighted by molar-refractivity contribution is 0.501. The minimum Gasteiger partial charge on any atom is -0.257 e. The molecule has 0 bridgehead atoms. The summed E-state index contributed by atoms with van der Waals surface area (Å²) in [6.45, 7) is 4.11. The number of nitrogens with zero attached hydrogens (tertiary/aromatic N) is 5. The molecule has 2 aromatic heterocycles. The van der Waals surface area contributed by atoms with Gasteiger partial charge in [-0.1, -0.05) is 23.8 Å². The lowest BCUT2D eigenvalue weighted by Crippen LogP contribution is -2.13. The molecular weight excluding hydrogens is 319 g/mol. The zero-order valence-corrected chi connectivity index (χ0v) is 14.2. The molecule has 0 spiro atoms. The Hall–Kier alpha value is -2.83. The highest BCUT2D eigenvalue weighted by molar-refractivity contribution is 5.42. The largest absolute Gasteiger partial charge is 0.257 e. The molecule has 1 aliphatic rings. The van der Waals surface area contributed by atoms with Crippen LogP contribution in [0.25, 0.3) is 11.6 Å². The smallest absolute Gasteiger partial charge is 0.218 e. The summed E-state index contributed by atoms with van der Waals surface area (Å²) in [5.41, 5.74) is 3.00. The SMILES string of the molecule is CC(C)=CCc1nc(-c2ncn[nH]2)nn1C1CCc2c(F)cccc21. The second kappa shape index (κ2) is 6.23. The van der Waals surface area contributed by atoms with Crippen LogP contribution < -0.4 is 0 Å². The van der Waals surface area contributed by atoms with E-state index in [1.165, 1.54) is 18.0 Å². The number of aromatic nitrogens is 6. The van der Waals surface area contributed by atoms with Gasteiger partial charge >= 0.3 is 0 Å². The highest BCUT2D eigenvalue weighted by atomic mass is 19.1. The molecule has 6 nitrogen and oxygen atoms in total. The van der Waals surface area contributed by atoms with Crippen molar-refractivity contribution in [3.05, 3.63) is 58.9 Å². The fourth-order valence-electron chi connectivity index (χ4n) is 3.30. The van der Waals surface area contributed by atoms with Crippen molar-refractivity contribution in [3.63, 3.8) is 0 Å². The van der Waals surface area contributed by atoms with Gasteiger partial charge in [0.05, 0.1) is 6.04 Å². The van der Waals surface area contributed by atoms with Crippen LogP contribution >= 0.6 is 0 Å². The number of halogens is 1. The predicted octanol–water partition coefficient (Wildman–Crippen LogP) is 3.25. The Balaban J connectivity index is 1.79. The van der Waals surface area contributed by atoms with Crippen molar-refractivity contribution >= 4 is 0 Å². The van der Waals surface area contributed by atoms with E-state index in [0.29, 0.717) is 24.5 Å². The van der Waals surface area contributed by atoms with Crippen molar-refractivity contribution in [2.75, 3.05) is 0 Å². The van der Waals surface area contributed by atoms with Crippen molar-refractivity contribution in [1.29, 1.82) is 0 Å². The van der Waals surface area contributed by atoms with Gasteiger partial charge < -0.3 is 0 Å². The number of rotatable bonds is 4. The van der Waals surface area contributed by atoms with Gasteiger partial charge in [-0.25, -0.2) is 19.0 Å². The van der Waals surface area contributed by atoms with Crippen LogP contribution in [0.3, 0.4) is 0 Å². The number of H-pyrrole nitrogens is 1. The molecule has 0 amide bonds. The minimum absolute atomic E-state index is 0.00423. The van der Waals surface area contributed by atoms with Gasteiger partial charge in [-0.05, 0) is 43.9 Å². The Morgan fingerprint density at radius 3 is 3.04 bits per heavy atom. The van der Waals surface area contributed by atoms with Gasteiger partial charge in [0.2, 0.25) is 5.82 Å². The van der Waals surface area contributed by atoms with Crippen LogP contribution in [0.4, 0.5) is 4.39 Å². The molecule has 7 heteroatoms. The van der Waals surface area contributed by atoms with E-state index in [1.54, 1.807) is 6.07 Å². The number of aromatic amines is 1. The van der Waals surface area contributed by atoms with Gasteiger partial charge in [-0.2, -0.15) is 5.10 Å². The molecule has 0 radical (unpaired) electrons. The third-order valence-corrected chi connectivity index (χ3v) is 4.50. The molecule has 0 saturated heterocycles. The monoisotopic (exact) mass is 338 g/mol. The summed E-state index contributed by atoms with van der Waals surface area (Å²) in [6.07, 6.45) is 5.76. The van der Waals surface area contributed by atoms with Crippen molar-refractivity contribution in [2.45, 2.75) is 39.2 Å². The number of hydrogen-bond acceptors (Lipinski definition) is 4. The fraction of sp³-hybridized carbons (Fsp3) is 0.333. The molecular formula is C18H19FN6. The number of benzene rings is 1. The number of nitrogens with one attached hydrogen (secondary N) is 1. The first-order valence-electron chi connectivity index (χ1n) is 8.35. The zero-order valence-electron chi connectivity index (χ0n) is 14.2. The van der Waals surface area contributed by atoms with Gasteiger partial charge in [0.1, 0.15) is 18.0 Å². The first-order chi connectivity index (χ1) is 12.1. The van der Waals surface area contributed by atoms with E-state index >= 15 is 0 Å². The maximum Gasteiger partial charge on any atom is 0.218 e. The standard InChI is InChI=1S/C18H19FN6/c1-11(2)6-9-16-22-18(17-20-10-21-23-17)24-25(16)15-8-7-12-13(15)4-3-5-14(12)19/h3-6,10,15H,7-9H2,1-2H3,(H,20,21,23). The molecule has 3 aromatic rings. The highest BCUT2D eigenvalue weighted by Crippen LogP contribution is 2.36. The summed E-state index contributed by atoms with van der Waals surface area (Å²) in [5, 5.41) is 11.3. The van der Waals surface area contributed by atoms with Crippen molar-refractivity contribution in [3.8, 4) is 11.6 Å². The maximum atomic E-state index is 14.1. The molecule has 1 unspecified atom stereocenters. The number of allylic oxidation sites excluding steroid dienone is 2. The third-order valence-electron chi connectivity index (χ3n) is 4.50. The summed E-state index contributed by atoms with van der Waals surface area (Å²) in [6, 6.07) is 5.26. The average Bonchev–Trinajstić information content (AvgIpc) is 3.31. The highest BCUT2D eigenvalue weighted by Gasteiger charge is 2.29. The lowest BCUT2D eigenvalue weighted by Gasteiger charge is -2.14. The molecule has 25 heavy (non-hydrogen) atoms. The number of fused-ring (bicyclic) bond motifs is 1. The third kappa shape index (κ3) is 2.86. The summed E-state index contributed by atoms with van der Waals surface area (Å²) in [7, 11) is 0. The van der Waals surface area contributed by atoms with Gasteiger partial charge in [-0.3, -0.25) is 5.10 Å². The second-order valence-electron chi connectivity index (χ2n) is 6.48. The van der Waals surface area contributed by atoms with Gasteiger partial charge in [0.15, 0.2) is 5.82 Å². The molecule has 128 valence electrons. The Kier molecular flexibility index (Phi) is 3.91. The molecule has 1 N–H and O–H groups in total. The zero-order chi connectivity index (χ0) is 17.4. The maximum absolute atomic E-state index is 14.1. The van der Waals surface area contributed by atoms with E-state index in [9.17, 15) is 4.39 Å². The van der Waals surface area contributed by atoms with E-state index in [2.05, 4.69) is 45.2 Å². The molecule has 1 aromatic carbocycles. The van der Waals surface area contributed by atoms with Crippen LogP contribution in [0.1, 0.15) is 43.3 Å². The average molecular weight is 338 g/mol. The summed E-state index contributed by atoms with van der Waals surface area (Å²) in [4.78, 5) is 8.79. The Labute approximate surface area is 144 Å². The summed E-state index contributed by atoms with van der Waals surface area (Å²) in [5.74, 6) is 1.75. The lowest BCUT2D eigenvalue weighted by atomic mass is 10.1. The van der Waals surface area contributed by atoms with E-state index < -0.39 is 0 Å². The van der Waals surface area contributed by atoms with Gasteiger partial charge in [0.25, 0.3) is 0 Å². The van der Waals surface area contributed by atoms with E-state index in [0.717, 1.165) is 23.4 Å². The van der Waals surface area contributed by atoms with Crippen LogP contribution in [0.5, 0.6) is 0 Å². The molecule has 0 aliphatic heterocycles. The Bertz CT molecular complexity index is 921. The molecule has 1 atom stereocenters. The van der Waals surface area contributed by atoms with Crippen molar-refractivity contribution < 1.29 is 4.39 Å². The summed E-state index contributed by atoms with van der Waals surface area (Å²) >= 11 is 0. The number of hydrogen-bond donors (Lipinski definition) is 1. The Morgan fingerprint density at radius 2 is 2.28 bits per heavy atom. The van der Waals surface area contributed by atoms with E-state index in [1.807, 2.05) is 10.7 Å². The van der Waals surface area contributed by atoms with Gasteiger partial charge in [0, 0.05) is 6.42 Å². The van der Waals surface area contributed by atoms with Gasteiger partial charge in [-0.15, -0.1) is 5.10 Å². The van der Waals surface area contributed by atoms with Crippen LogP contribution in [-0.4, -0.2) is 29.9 Å². The second-order valence-corrected chi connectivity index (χ2v) is 6.48. The minimum atomic E-state index is -0.138.